The third-order valence-corrected chi connectivity index (χ3v) is 4.02. The van der Waals surface area contributed by atoms with Crippen molar-refractivity contribution in [3.63, 3.8) is 0 Å². The zero-order chi connectivity index (χ0) is 16.2. The standard InChI is InChI=1S/C17H22O6/c1-3-9-20-15-13(18)17(19-2)22-12-10-21-16(23-14(12)15)11-7-5-4-6-8-11/h3-8,12-18H,1,9-10H2,2H3/t12-,13-,14-,15-,16?,17+/m1/s1. The Morgan fingerprint density at radius 2 is 2.09 bits per heavy atom. The summed E-state index contributed by atoms with van der Waals surface area (Å²) in [6.45, 7) is 4.29. The first kappa shape index (κ1) is 16.6. The van der Waals surface area contributed by atoms with Crippen LogP contribution in [0.4, 0.5) is 0 Å². The lowest BCUT2D eigenvalue weighted by Crippen LogP contribution is -2.62. The van der Waals surface area contributed by atoms with E-state index in [1.807, 2.05) is 30.3 Å². The van der Waals surface area contributed by atoms with Gasteiger partial charge in [0.15, 0.2) is 12.6 Å². The highest BCUT2D eigenvalue weighted by Crippen LogP contribution is 2.35. The molecule has 0 bridgehead atoms. The summed E-state index contributed by atoms with van der Waals surface area (Å²) in [7, 11) is 1.48. The normalized spacial score (nSPS) is 37.1. The maximum Gasteiger partial charge on any atom is 0.186 e. The number of ether oxygens (including phenoxy) is 5. The molecule has 1 aromatic carbocycles. The minimum absolute atomic E-state index is 0.307. The molecule has 0 amide bonds. The second-order valence-electron chi connectivity index (χ2n) is 5.53. The molecule has 1 N–H and O–H groups in total. The first-order valence-electron chi connectivity index (χ1n) is 7.65. The molecule has 0 spiro atoms. The molecule has 2 fully saturated rings. The molecule has 2 saturated heterocycles. The maximum absolute atomic E-state index is 10.4. The summed E-state index contributed by atoms with van der Waals surface area (Å²) in [4.78, 5) is 0. The minimum Gasteiger partial charge on any atom is -0.385 e. The van der Waals surface area contributed by atoms with Gasteiger partial charge in [0.25, 0.3) is 0 Å². The molecule has 6 nitrogen and oxygen atoms in total. The van der Waals surface area contributed by atoms with Crippen molar-refractivity contribution in [1.82, 2.24) is 0 Å². The van der Waals surface area contributed by atoms with Crippen molar-refractivity contribution in [1.29, 1.82) is 0 Å². The van der Waals surface area contributed by atoms with E-state index in [0.29, 0.717) is 13.2 Å². The molecule has 0 aromatic heterocycles. The molecule has 6 heteroatoms. The fourth-order valence-corrected chi connectivity index (χ4v) is 2.91. The van der Waals surface area contributed by atoms with Gasteiger partial charge < -0.3 is 28.8 Å². The summed E-state index contributed by atoms with van der Waals surface area (Å²) < 4.78 is 28.4. The third kappa shape index (κ3) is 3.47. The van der Waals surface area contributed by atoms with E-state index in [9.17, 15) is 5.11 Å². The highest BCUT2D eigenvalue weighted by atomic mass is 16.8. The minimum atomic E-state index is -0.948. The molecular weight excluding hydrogens is 300 g/mol. The van der Waals surface area contributed by atoms with E-state index in [-0.39, 0.29) is 6.10 Å². The van der Waals surface area contributed by atoms with Crippen LogP contribution in [-0.4, -0.2) is 56.1 Å². The molecule has 2 aliphatic rings. The van der Waals surface area contributed by atoms with Gasteiger partial charge in [-0.3, -0.25) is 0 Å². The van der Waals surface area contributed by atoms with Crippen LogP contribution in [0.25, 0.3) is 0 Å². The topological polar surface area (TPSA) is 66.4 Å². The van der Waals surface area contributed by atoms with Gasteiger partial charge in [-0.25, -0.2) is 0 Å². The lowest BCUT2D eigenvalue weighted by Gasteiger charge is -2.47. The predicted octanol–water partition coefficient (Wildman–Crippen LogP) is 1.40. The van der Waals surface area contributed by atoms with Gasteiger partial charge in [0.05, 0.1) is 13.2 Å². The van der Waals surface area contributed by atoms with Crippen LogP contribution in [0.15, 0.2) is 43.0 Å². The van der Waals surface area contributed by atoms with E-state index in [2.05, 4.69) is 6.58 Å². The van der Waals surface area contributed by atoms with Gasteiger partial charge in [-0.1, -0.05) is 36.4 Å². The Bertz CT molecular complexity index is 507. The van der Waals surface area contributed by atoms with Crippen molar-refractivity contribution >= 4 is 0 Å². The Kier molecular flexibility index (Phi) is 5.42. The summed E-state index contributed by atoms with van der Waals surface area (Å²) in [5.74, 6) is 0. The van der Waals surface area contributed by atoms with Gasteiger partial charge >= 0.3 is 0 Å². The van der Waals surface area contributed by atoms with Gasteiger partial charge in [0, 0.05) is 12.7 Å². The Labute approximate surface area is 135 Å². The van der Waals surface area contributed by atoms with Crippen LogP contribution < -0.4 is 0 Å². The molecule has 6 atom stereocenters. The molecular formula is C17H22O6. The molecule has 2 heterocycles. The van der Waals surface area contributed by atoms with Gasteiger partial charge in [-0.2, -0.15) is 0 Å². The smallest absolute Gasteiger partial charge is 0.186 e. The Balaban J connectivity index is 1.77. The van der Waals surface area contributed by atoms with Crippen molar-refractivity contribution in [2.24, 2.45) is 0 Å². The zero-order valence-electron chi connectivity index (χ0n) is 13.0. The average molecular weight is 322 g/mol. The average Bonchev–Trinajstić information content (AvgIpc) is 2.61. The molecule has 0 radical (unpaired) electrons. The summed E-state index contributed by atoms with van der Waals surface area (Å²) in [5, 5.41) is 10.4. The van der Waals surface area contributed by atoms with Crippen molar-refractivity contribution in [3.05, 3.63) is 48.6 Å². The van der Waals surface area contributed by atoms with Crippen LogP contribution >= 0.6 is 0 Å². The van der Waals surface area contributed by atoms with Crippen LogP contribution in [0.1, 0.15) is 11.9 Å². The number of fused-ring (bicyclic) bond motifs is 1. The SMILES string of the molecule is C=CCO[C@@H]1[C@@H](O)[C@@H](OC)O[C@@H]2COC(c3ccccc3)O[C@@H]12. The fourth-order valence-electron chi connectivity index (χ4n) is 2.91. The number of methoxy groups -OCH3 is 1. The second-order valence-corrected chi connectivity index (χ2v) is 5.53. The largest absolute Gasteiger partial charge is 0.385 e. The van der Waals surface area contributed by atoms with E-state index in [1.165, 1.54) is 7.11 Å². The first-order chi connectivity index (χ1) is 11.2. The first-order valence-corrected chi connectivity index (χ1v) is 7.65. The molecule has 2 aliphatic heterocycles. The lowest BCUT2D eigenvalue weighted by atomic mass is 9.97. The van der Waals surface area contributed by atoms with E-state index in [4.69, 9.17) is 23.7 Å². The lowest BCUT2D eigenvalue weighted by molar-refractivity contribution is -0.362. The van der Waals surface area contributed by atoms with Crippen molar-refractivity contribution < 1.29 is 28.8 Å². The molecule has 0 aliphatic carbocycles. The number of aliphatic hydroxyl groups is 1. The summed E-state index contributed by atoms with van der Waals surface area (Å²) in [5.41, 5.74) is 0.914. The van der Waals surface area contributed by atoms with Crippen LogP contribution in [0, 0.1) is 0 Å². The van der Waals surface area contributed by atoms with Crippen LogP contribution in [0.2, 0.25) is 0 Å². The molecule has 3 rings (SSSR count). The van der Waals surface area contributed by atoms with Gasteiger partial charge in [0.2, 0.25) is 0 Å². The highest BCUT2D eigenvalue weighted by Gasteiger charge is 2.50. The summed E-state index contributed by atoms with van der Waals surface area (Å²) >= 11 is 0. The molecule has 1 aromatic rings. The number of rotatable bonds is 5. The highest BCUT2D eigenvalue weighted by molar-refractivity contribution is 5.16. The predicted molar refractivity (Wildman–Crippen MR) is 81.6 cm³/mol. The zero-order valence-corrected chi connectivity index (χ0v) is 13.0. The Morgan fingerprint density at radius 3 is 2.78 bits per heavy atom. The molecule has 0 saturated carbocycles. The van der Waals surface area contributed by atoms with Crippen LogP contribution in [-0.2, 0) is 23.7 Å². The van der Waals surface area contributed by atoms with Crippen LogP contribution in [0.5, 0.6) is 0 Å². The second kappa shape index (κ2) is 7.53. The quantitative estimate of drug-likeness (QED) is 0.827. The van der Waals surface area contributed by atoms with Gasteiger partial charge in [-0.15, -0.1) is 6.58 Å². The van der Waals surface area contributed by atoms with Crippen molar-refractivity contribution in [3.8, 4) is 0 Å². The monoisotopic (exact) mass is 322 g/mol. The maximum atomic E-state index is 10.4. The fraction of sp³-hybridized carbons (Fsp3) is 0.529. The van der Waals surface area contributed by atoms with E-state index >= 15 is 0 Å². The number of benzene rings is 1. The molecule has 126 valence electrons. The van der Waals surface area contributed by atoms with Gasteiger partial charge in [0.1, 0.15) is 24.4 Å². The summed E-state index contributed by atoms with van der Waals surface area (Å²) in [6.07, 6.45) is -1.99. The molecule has 23 heavy (non-hydrogen) atoms. The van der Waals surface area contributed by atoms with E-state index in [0.717, 1.165) is 5.56 Å². The Hall–Kier alpha value is -1.28. The van der Waals surface area contributed by atoms with Crippen molar-refractivity contribution in [2.45, 2.75) is 37.0 Å². The number of hydrogen-bond donors (Lipinski definition) is 1. The van der Waals surface area contributed by atoms with Crippen molar-refractivity contribution in [2.75, 3.05) is 20.3 Å². The summed E-state index contributed by atoms with van der Waals surface area (Å²) in [6, 6.07) is 9.65. The van der Waals surface area contributed by atoms with E-state index in [1.54, 1.807) is 6.08 Å². The van der Waals surface area contributed by atoms with E-state index < -0.39 is 30.9 Å². The van der Waals surface area contributed by atoms with Crippen LogP contribution in [0.3, 0.4) is 0 Å². The van der Waals surface area contributed by atoms with Gasteiger partial charge in [-0.05, 0) is 0 Å². The number of hydrogen-bond acceptors (Lipinski definition) is 6. The number of aliphatic hydroxyl groups excluding tert-OH is 1. The Morgan fingerprint density at radius 1 is 1.30 bits per heavy atom. The third-order valence-electron chi connectivity index (χ3n) is 4.02. The molecule has 1 unspecified atom stereocenters.